The van der Waals surface area contributed by atoms with Gasteiger partial charge in [-0.2, -0.15) is 0 Å². The Morgan fingerprint density at radius 1 is 0.871 bits per heavy atom. The second-order valence-electron chi connectivity index (χ2n) is 7.54. The number of benzene rings is 3. The third kappa shape index (κ3) is 4.44. The summed E-state index contributed by atoms with van der Waals surface area (Å²) in [6, 6.07) is 23.4. The summed E-state index contributed by atoms with van der Waals surface area (Å²) in [6.07, 6.45) is -2.07. The summed E-state index contributed by atoms with van der Waals surface area (Å²) in [5, 5.41) is 22.1. The van der Waals surface area contributed by atoms with Gasteiger partial charge in [0.2, 0.25) is 0 Å². The predicted molar refractivity (Wildman–Crippen MR) is 116 cm³/mol. The number of carbonyl (C=O) groups is 2. The molecule has 0 saturated heterocycles. The van der Waals surface area contributed by atoms with Crippen LogP contribution in [-0.2, 0) is 16.0 Å². The van der Waals surface area contributed by atoms with Gasteiger partial charge in [-0.05, 0) is 27.8 Å². The van der Waals surface area contributed by atoms with Gasteiger partial charge >= 0.3 is 12.1 Å². The van der Waals surface area contributed by atoms with Crippen LogP contribution in [0, 0.1) is 0 Å². The van der Waals surface area contributed by atoms with E-state index in [0.717, 1.165) is 27.8 Å². The number of aliphatic carboxylic acids is 1. The zero-order valence-electron chi connectivity index (χ0n) is 16.8. The molecular weight excluding hydrogens is 394 g/mol. The van der Waals surface area contributed by atoms with E-state index in [1.807, 2.05) is 54.6 Å². The molecular formula is C25H23NO5. The SMILES string of the molecule is O=C(NC(C(=O)O)C(O)Cc1ccccc1)OCC1c2ccccc2-c2ccccc21. The van der Waals surface area contributed by atoms with Crippen molar-refractivity contribution in [3.05, 3.63) is 95.6 Å². The summed E-state index contributed by atoms with van der Waals surface area (Å²) >= 11 is 0. The normalized spacial score (nSPS) is 14.2. The molecule has 1 aliphatic carbocycles. The van der Waals surface area contributed by atoms with Gasteiger partial charge in [-0.25, -0.2) is 9.59 Å². The van der Waals surface area contributed by atoms with Crippen molar-refractivity contribution in [1.29, 1.82) is 0 Å². The maximum Gasteiger partial charge on any atom is 0.407 e. The van der Waals surface area contributed by atoms with Crippen LogP contribution in [0.1, 0.15) is 22.6 Å². The molecule has 4 rings (SSSR count). The number of alkyl carbamates (subject to hydrolysis) is 1. The van der Waals surface area contributed by atoms with Crippen molar-refractivity contribution in [2.24, 2.45) is 0 Å². The first-order valence-corrected chi connectivity index (χ1v) is 10.1. The molecule has 31 heavy (non-hydrogen) atoms. The van der Waals surface area contributed by atoms with E-state index in [9.17, 15) is 19.8 Å². The lowest BCUT2D eigenvalue weighted by atomic mass is 9.98. The minimum atomic E-state index is -1.48. The first-order valence-electron chi connectivity index (χ1n) is 10.1. The van der Waals surface area contributed by atoms with Gasteiger partial charge in [-0.15, -0.1) is 0 Å². The topological polar surface area (TPSA) is 95.9 Å². The highest BCUT2D eigenvalue weighted by Crippen LogP contribution is 2.44. The summed E-state index contributed by atoms with van der Waals surface area (Å²) in [7, 11) is 0. The van der Waals surface area contributed by atoms with Crippen LogP contribution in [0.25, 0.3) is 11.1 Å². The molecule has 158 valence electrons. The Bertz CT molecular complexity index is 1040. The standard InChI is InChI=1S/C25H23NO5/c27-22(14-16-8-2-1-3-9-16)23(24(28)29)26-25(30)31-15-21-19-12-6-4-10-17(19)18-11-5-7-13-20(18)21/h1-13,21-23,27H,14-15H2,(H,26,30)(H,28,29). The molecule has 0 aromatic heterocycles. The highest BCUT2D eigenvalue weighted by atomic mass is 16.5. The fraction of sp³-hybridized carbons (Fsp3) is 0.200. The van der Waals surface area contributed by atoms with E-state index in [0.29, 0.717) is 0 Å². The molecule has 0 aliphatic heterocycles. The molecule has 3 N–H and O–H groups in total. The second kappa shape index (κ2) is 9.02. The fourth-order valence-corrected chi connectivity index (χ4v) is 4.06. The number of aliphatic hydroxyl groups excluding tert-OH is 1. The van der Waals surface area contributed by atoms with Crippen molar-refractivity contribution in [3.63, 3.8) is 0 Å². The number of rotatable bonds is 7. The third-order valence-electron chi connectivity index (χ3n) is 5.56. The largest absolute Gasteiger partial charge is 0.480 e. The number of amides is 1. The number of carboxylic acids is 1. The van der Waals surface area contributed by atoms with Gasteiger partial charge in [-0.1, -0.05) is 78.9 Å². The van der Waals surface area contributed by atoms with Gasteiger partial charge in [0.25, 0.3) is 0 Å². The van der Waals surface area contributed by atoms with Gasteiger partial charge in [-0.3, -0.25) is 0 Å². The zero-order chi connectivity index (χ0) is 21.8. The van der Waals surface area contributed by atoms with Gasteiger partial charge in [0, 0.05) is 12.3 Å². The molecule has 0 spiro atoms. The highest BCUT2D eigenvalue weighted by Gasteiger charge is 2.31. The van der Waals surface area contributed by atoms with Crippen molar-refractivity contribution in [3.8, 4) is 11.1 Å². The van der Waals surface area contributed by atoms with E-state index in [1.54, 1.807) is 24.3 Å². The highest BCUT2D eigenvalue weighted by molar-refractivity contribution is 5.81. The lowest BCUT2D eigenvalue weighted by molar-refractivity contribution is -0.142. The Kier molecular flexibility index (Phi) is 6.00. The molecule has 2 atom stereocenters. The Hall–Kier alpha value is -3.64. The lowest BCUT2D eigenvalue weighted by Crippen LogP contribution is -2.49. The fourth-order valence-electron chi connectivity index (χ4n) is 4.06. The molecule has 3 aromatic carbocycles. The molecule has 0 heterocycles. The summed E-state index contributed by atoms with van der Waals surface area (Å²) in [5.74, 6) is -1.45. The van der Waals surface area contributed by atoms with Crippen molar-refractivity contribution >= 4 is 12.1 Å². The van der Waals surface area contributed by atoms with Crippen molar-refractivity contribution < 1.29 is 24.5 Å². The number of nitrogens with one attached hydrogen (secondary N) is 1. The van der Waals surface area contributed by atoms with Crippen molar-refractivity contribution in [2.75, 3.05) is 6.61 Å². The number of ether oxygens (including phenoxy) is 1. The van der Waals surface area contributed by atoms with Crippen LogP contribution in [0.15, 0.2) is 78.9 Å². The predicted octanol–water partition coefficient (Wildman–Crippen LogP) is 3.58. The number of carbonyl (C=O) groups excluding carboxylic acids is 1. The number of fused-ring (bicyclic) bond motifs is 3. The average molecular weight is 417 g/mol. The molecule has 0 saturated carbocycles. The van der Waals surface area contributed by atoms with Crippen LogP contribution in [-0.4, -0.2) is 41.0 Å². The Labute approximate surface area is 180 Å². The number of aliphatic hydroxyl groups is 1. The molecule has 1 aliphatic rings. The van der Waals surface area contributed by atoms with Gasteiger partial charge < -0.3 is 20.3 Å². The van der Waals surface area contributed by atoms with Gasteiger partial charge in [0.15, 0.2) is 6.04 Å². The van der Waals surface area contributed by atoms with Gasteiger partial charge in [0.1, 0.15) is 6.61 Å². The molecule has 0 fully saturated rings. The van der Waals surface area contributed by atoms with Crippen molar-refractivity contribution in [2.45, 2.75) is 24.5 Å². The summed E-state index contributed by atoms with van der Waals surface area (Å²) < 4.78 is 5.40. The smallest absolute Gasteiger partial charge is 0.407 e. The van der Waals surface area contributed by atoms with Gasteiger partial charge in [0.05, 0.1) is 6.10 Å². The molecule has 6 heteroatoms. The summed E-state index contributed by atoms with van der Waals surface area (Å²) in [6.45, 7) is 0.0704. The molecule has 1 amide bonds. The Morgan fingerprint density at radius 2 is 1.42 bits per heavy atom. The van der Waals surface area contributed by atoms with Crippen LogP contribution < -0.4 is 5.32 Å². The van der Waals surface area contributed by atoms with E-state index in [-0.39, 0.29) is 18.9 Å². The first-order chi connectivity index (χ1) is 15.0. The van der Waals surface area contributed by atoms with Crippen LogP contribution in [0.3, 0.4) is 0 Å². The van der Waals surface area contributed by atoms with Crippen molar-refractivity contribution in [1.82, 2.24) is 5.32 Å². The maximum absolute atomic E-state index is 12.4. The third-order valence-corrected chi connectivity index (χ3v) is 5.56. The monoisotopic (exact) mass is 417 g/mol. The second-order valence-corrected chi connectivity index (χ2v) is 7.54. The number of hydrogen-bond acceptors (Lipinski definition) is 4. The Morgan fingerprint density at radius 3 is 2.00 bits per heavy atom. The number of carboxylic acid groups (broad SMARTS) is 1. The summed E-state index contributed by atoms with van der Waals surface area (Å²) in [4.78, 5) is 24.0. The molecule has 6 nitrogen and oxygen atoms in total. The average Bonchev–Trinajstić information content (AvgIpc) is 3.10. The molecule has 3 aromatic rings. The number of hydrogen-bond donors (Lipinski definition) is 3. The van der Waals surface area contributed by atoms with E-state index < -0.39 is 24.2 Å². The molecule has 2 unspecified atom stereocenters. The molecule has 0 bridgehead atoms. The van der Waals surface area contributed by atoms with E-state index in [4.69, 9.17) is 4.74 Å². The quantitative estimate of drug-likeness (QED) is 0.546. The first kappa shape index (κ1) is 20.6. The van der Waals surface area contributed by atoms with E-state index >= 15 is 0 Å². The molecule has 0 radical (unpaired) electrons. The van der Waals surface area contributed by atoms with E-state index in [2.05, 4.69) is 5.32 Å². The van der Waals surface area contributed by atoms with Crippen LogP contribution in [0.4, 0.5) is 4.79 Å². The Balaban J connectivity index is 1.42. The van der Waals surface area contributed by atoms with Crippen LogP contribution in [0.2, 0.25) is 0 Å². The minimum absolute atomic E-state index is 0.0704. The summed E-state index contributed by atoms with van der Waals surface area (Å²) in [5.41, 5.74) is 5.11. The van der Waals surface area contributed by atoms with Crippen LogP contribution in [0.5, 0.6) is 0 Å². The van der Waals surface area contributed by atoms with E-state index in [1.165, 1.54) is 0 Å². The maximum atomic E-state index is 12.4. The lowest BCUT2D eigenvalue weighted by Gasteiger charge is -2.21. The minimum Gasteiger partial charge on any atom is -0.480 e. The van der Waals surface area contributed by atoms with Crippen LogP contribution >= 0.6 is 0 Å². The zero-order valence-corrected chi connectivity index (χ0v) is 16.8.